The number of tetrazole rings is 1. The van der Waals surface area contributed by atoms with Crippen LogP contribution in [0.2, 0.25) is 0 Å². The molecule has 1 N–H and O–H groups in total. The Balaban J connectivity index is 0.00000112. The van der Waals surface area contributed by atoms with Crippen molar-refractivity contribution in [3.8, 4) is 5.69 Å². The van der Waals surface area contributed by atoms with E-state index in [0.717, 1.165) is 0 Å². The Labute approximate surface area is 90.3 Å². The molecule has 0 aliphatic carbocycles. The highest BCUT2D eigenvalue weighted by Gasteiger charge is 2.30. The normalized spacial score (nSPS) is 9.33. The average Bonchev–Trinajstić information content (AvgIpc) is 2.67. The molecule has 8 heteroatoms. The van der Waals surface area contributed by atoms with E-state index in [1.54, 1.807) is 24.3 Å². The first kappa shape index (κ1) is 11.1. The van der Waals surface area contributed by atoms with Gasteiger partial charge in [0.25, 0.3) is 0 Å². The minimum absolute atomic E-state index is 0. The van der Waals surface area contributed by atoms with Gasteiger partial charge in [-0.2, -0.15) is 0 Å². The Morgan fingerprint density at radius 2 is 2.00 bits per heavy atom. The van der Waals surface area contributed by atoms with Crippen molar-refractivity contribution in [1.82, 2.24) is 15.5 Å². The summed E-state index contributed by atoms with van der Waals surface area (Å²) in [4.78, 5) is 9.92. The summed E-state index contributed by atoms with van der Waals surface area (Å²) in [5.41, 5.74) is 0.615. The molecule has 0 saturated carbocycles. The molecule has 1 aromatic carbocycles. The van der Waals surface area contributed by atoms with Gasteiger partial charge in [0, 0.05) is 0 Å². The summed E-state index contributed by atoms with van der Waals surface area (Å²) in [6, 6.07) is 8.79. The largest absolute Gasteiger partial charge is 1.00 e. The van der Waals surface area contributed by atoms with Crippen LogP contribution in [-0.2, 0) is 0 Å². The van der Waals surface area contributed by atoms with Gasteiger partial charge < -0.3 is 22.5 Å². The fourth-order valence-electron chi connectivity index (χ4n) is 1.07. The zero-order valence-electron chi connectivity index (χ0n) is 7.37. The first-order chi connectivity index (χ1) is 6.79. The zero-order chi connectivity index (χ0) is 9.97. The first-order valence-electron chi connectivity index (χ1n) is 3.82. The molecule has 2 aromatic rings. The maximum absolute atomic E-state index is 10.5. The van der Waals surface area contributed by atoms with E-state index in [1.165, 1.54) is 4.68 Å². The van der Waals surface area contributed by atoms with Gasteiger partial charge >= 0.3 is 5.95 Å². The number of hydrogen-bond donors (Lipinski definition) is 1. The van der Waals surface area contributed by atoms with Crippen LogP contribution in [-0.4, -0.2) is 20.4 Å². The smallest absolute Gasteiger partial charge is 0.683 e. The number of nitrogens with zero attached hydrogens (tertiary/aromatic N) is 4. The number of aromatic amines is 1. The van der Waals surface area contributed by atoms with E-state index in [1.807, 2.05) is 6.07 Å². The second-order valence-electron chi connectivity index (χ2n) is 2.53. The molecule has 2 rings (SSSR count). The lowest BCUT2D eigenvalue weighted by Gasteiger charge is -1.89. The highest BCUT2D eigenvalue weighted by Crippen LogP contribution is 2.01. The lowest BCUT2D eigenvalue weighted by atomic mass is 10.3. The van der Waals surface area contributed by atoms with Gasteiger partial charge in [-0.25, -0.2) is 0 Å². The van der Waals surface area contributed by atoms with Crippen LogP contribution < -0.4 is 17.1 Å². The van der Waals surface area contributed by atoms with Crippen LogP contribution in [0.25, 0.3) is 5.69 Å². The lowest BCUT2D eigenvalue weighted by Crippen LogP contribution is -3.00. The number of para-hydroxylation sites is 1. The number of nitrogens with one attached hydrogen (secondary N) is 1. The van der Waals surface area contributed by atoms with Gasteiger partial charge in [0.15, 0.2) is 5.69 Å². The summed E-state index contributed by atoms with van der Waals surface area (Å²) in [5.74, 6) is -0.337. The summed E-state index contributed by atoms with van der Waals surface area (Å²) in [6.07, 6.45) is 0. The first-order valence-corrected chi connectivity index (χ1v) is 3.82. The predicted octanol–water partition coefficient (Wildman–Crippen LogP) is -3.01. The molecule has 15 heavy (non-hydrogen) atoms. The number of hydrogen-bond acceptors (Lipinski definition) is 4. The Morgan fingerprint density at radius 1 is 1.33 bits per heavy atom. The molecule has 0 saturated heterocycles. The predicted molar refractivity (Wildman–Crippen MR) is 44.6 cm³/mol. The number of rotatable bonds is 2. The van der Waals surface area contributed by atoms with Crippen molar-refractivity contribution >= 4 is 5.95 Å². The quantitative estimate of drug-likeness (QED) is 0.336. The van der Waals surface area contributed by atoms with Crippen molar-refractivity contribution in [2.45, 2.75) is 0 Å². The Hall–Kier alpha value is -2.02. The van der Waals surface area contributed by atoms with Gasteiger partial charge in [-0.3, -0.25) is 0 Å². The van der Waals surface area contributed by atoms with Crippen LogP contribution in [0.3, 0.4) is 0 Å². The minimum atomic E-state index is -0.601. The molecule has 0 fully saturated rings. The van der Waals surface area contributed by atoms with Crippen LogP contribution in [0.4, 0.5) is 5.95 Å². The fourth-order valence-corrected chi connectivity index (χ4v) is 1.07. The van der Waals surface area contributed by atoms with Crippen LogP contribution in [0, 0.1) is 10.1 Å². The van der Waals surface area contributed by atoms with Gasteiger partial charge in [-0.15, -0.1) is 0 Å². The van der Waals surface area contributed by atoms with Gasteiger partial charge in [0.2, 0.25) is 5.10 Å². The van der Waals surface area contributed by atoms with E-state index in [0.29, 0.717) is 5.69 Å². The number of H-pyrrole nitrogens is 1. The SMILES string of the molecule is O=[N+]([O-])c1nn[nH][n+]1-c1ccccc1.[Cl-]. The summed E-state index contributed by atoms with van der Waals surface area (Å²) < 4.78 is 1.19. The number of benzene rings is 1. The standard InChI is InChI=1S/C7H5N5O2.ClH/c13-12(14)7-8-9-10-11(7)6-4-2-1-3-5-6;/h1-5H;1H. The Kier molecular flexibility index (Phi) is 3.29. The summed E-state index contributed by atoms with van der Waals surface area (Å²) in [6.45, 7) is 0. The van der Waals surface area contributed by atoms with E-state index in [2.05, 4.69) is 15.5 Å². The second kappa shape index (κ2) is 4.47. The topological polar surface area (TPSA) is 88.6 Å². The highest BCUT2D eigenvalue weighted by molar-refractivity contribution is 5.21. The molecule has 1 aromatic heterocycles. The number of halogens is 1. The van der Waals surface area contributed by atoms with Crippen LogP contribution in [0.1, 0.15) is 0 Å². The Morgan fingerprint density at radius 3 is 2.60 bits per heavy atom. The van der Waals surface area contributed by atoms with E-state index in [9.17, 15) is 10.1 Å². The van der Waals surface area contributed by atoms with E-state index in [-0.39, 0.29) is 18.4 Å². The summed E-state index contributed by atoms with van der Waals surface area (Å²) in [7, 11) is 0. The monoisotopic (exact) mass is 227 g/mol. The molecular weight excluding hydrogens is 222 g/mol. The second-order valence-corrected chi connectivity index (χ2v) is 2.53. The fraction of sp³-hybridized carbons (Fsp3) is 0. The molecule has 1 heterocycles. The third-order valence-electron chi connectivity index (χ3n) is 1.66. The maximum Gasteiger partial charge on any atom is 0.683 e. The van der Waals surface area contributed by atoms with Crippen LogP contribution in [0.5, 0.6) is 0 Å². The van der Waals surface area contributed by atoms with Crippen molar-refractivity contribution in [2.24, 2.45) is 0 Å². The molecule has 0 radical (unpaired) electrons. The maximum atomic E-state index is 10.5. The lowest BCUT2D eigenvalue weighted by molar-refractivity contribution is -0.706. The van der Waals surface area contributed by atoms with Gasteiger partial charge in [-0.1, -0.05) is 23.4 Å². The zero-order valence-corrected chi connectivity index (χ0v) is 8.13. The molecule has 0 bridgehead atoms. The Bertz CT molecular complexity index is 457. The number of aromatic nitrogens is 4. The molecular formula is C7H6ClN5O2. The summed E-state index contributed by atoms with van der Waals surface area (Å²) >= 11 is 0. The molecule has 0 unspecified atom stereocenters. The third kappa shape index (κ3) is 2.08. The molecule has 0 aliphatic heterocycles. The van der Waals surface area contributed by atoms with Crippen molar-refractivity contribution < 1.29 is 22.0 Å². The van der Waals surface area contributed by atoms with E-state index in [4.69, 9.17) is 0 Å². The van der Waals surface area contributed by atoms with E-state index < -0.39 is 4.92 Å². The summed E-state index contributed by atoms with van der Waals surface area (Å²) in [5, 5.41) is 19.7. The van der Waals surface area contributed by atoms with Crippen molar-refractivity contribution in [3.05, 3.63) is 40.4 Å². The van der Waals surface area contributed by atoms with Crippen molar-refractivity contribution in [3.63, 3.8) is 0 Å². The van der Waals surface area contributed by atoms with Crippen LogP contribution in [0.15, 0.2) is 30.3 Å². The average molecular weight is 228 g/mol. The molecule has 0 aliphatic rings. The number of nitro groups is 1. The van der Waals surface area contributed by atoms with Gasteiger partial charge in [-0.05, 0) is 16.8 Å². The highest BCUT2D eigenvalue weighted by atomic mass is 35.5. The molecule has 0 spiro atoms. The van der Waals surface area contributed by atoms with Crippen molar-refractivity contribution in [2.75, 3.05) is 0 Å². The van der Waals surface area contributed by atoms with Gasteiger partial charge in [0.1, 0.15) is 5.21 Å². The minimum Gasteiger partial charge on any atom is -1.00 e. The molecule has 0 amide bonds. The molecule has 78 valence electrons. The van der Waals surface area contributed by atoms with Crippen LogP contribution >= 0.6 is 0 Å². The van der Waals surface area contributed by atoms with Crippen molar-refractivity contribution in [1.29, 1.82) is 0 Å². The molecule has 7 nitrogen and oxygen atoms in total. The third-order valence-corrected chi connectivity index (χ3v) is 1.66. The molecule has 0 atom stereocenters. The van der Waals surface area contributed by atoms with E-state index >= 15 is 0 Å². The van der Waals surface area contributed by atoms with Gasteiger partial charge in [0.05, 0.1) is 4.92 Å².